The first-order chi connectivity index (χ1) is 11.3. The van der Waals surface area contributed by atoms with Crippen LogP contribution in [0.5, 0.6) is 0 Å². The Morgan fingerprint density at radius 3 is 2.96 bits per heavy atom. The van der Waals surface area contributed by atoms with Gasteiger partial charge in [-0.1, -0.05) is 6.07 Å². The Morgan fingerprint density at radius 2 is 2.09 bits per heavy atom. The molecule has 4 rings (SSSR count). The zero-order chi connectivity index (χ0) is 15.6. The minimum absolute atomic E-state index is 0.522. The molecule has 0 aliphatic rings. The smallest absolute Gasteiger partial charge is 0.228 e. The van der Waals surface area contributed by atoms with Crippen molar-refractivity contribution in [2.24, 2.45) is 0 Å². The topological polar surface area (TPSA) is 63.6 Å². The molecule has 1 aromatic carbocycles. The molecule has 3 heterocycles. The summed E-state index contributed by atoms with van der Waals surface area (Å²) in [5.41, 5.74) is 5.84. The molecule has 0 fully saturated rings. The molecular weight excluding hydrogens is 306 g/mol. The zero-order valence-corrected chi connectivity index (χ0v) is 13.1. The number of aromatic nitrogens is 4. The van der Waals surface area contributed by atoms with Gasteiger partial charge in [-0.3, -0.25) is 0 Å². The molecule has 0 amide bonds. The fourth-order valence-corrected chi connectivity index (χ4v) is 3.02. The molecule has 0 saturated carbocycles. The summed E-state index contributed by atoms with van der Waals surface area (Å²) in [6.45, 7) is 2.01. The number of pyridine rings is 1. The highest BCUT2D eigenvalue weighted by Crippen LogP contribution is 2.27. The fourth-order valence-electron chi connectivity index (χ4n) is 2.31. The lowest BCUT2D eigenvalue weighted by atomic mass is 10.1. The van der Waals surface area contributed by atoms with E-state index in [2.05, 4.69) is 37.4 Å². The number of benzene rings is 1. The molecule has 6 heteroatoms. The first kappa shape index (κ1) is 13.8. The van der Waals surface area contributed by atoms with E-state index in [4.69, 9.17) is 0 Å². The van der Waals surface area contributed by atoms with E-state index in [9.17, 15) is 0 Å². The standard InChI is InChI=1S/C17H12N5S/c1-11-9-19-17(21-15-4-2-3-7-18-15)22-16(11)12-5-6-13-14(8-12)23-10-20-13/h2,4-10H,1H3,(H,18,19,21,22). The van der Waals surface area contributed by atoms with Crippen LogP contribution >= 0.6 is 11.3 Å². The fraction of sp³-hybridized carbons (Fsp3) is 0.0588. The van der Waals surface area contributed by atoms with Crippen LogP contribution in [0, 0.1) is 13.0 Å². The largest absolute Gasteiger partial charge is 0.309 e. The lowest BCUT2D eigenvalue weighted by Crippen LogP contribution is -2.01. The van der Waals surface area contributed by atoms with Crippen molar-refractivity contribution >= 4 is 33.3 Å². The Kier molecular flexibility index (Phi) is 3.44. The summed E-state index contributed by atoms with van der Waals surface area (Å²) in [5.74, 6) is 1.21. The summed E-state index contributed by atoms with van der Waals surface area (Å²) in [4.78, 5) is 17.5. The quantitative estimate of drug-likeness (QED) is 0.618. The predicted octanol–water partition coefficient (Wildman–Crippen LogP) is 4.00. The van der Waals surface area contributed by atoms with Gasteiger partial charge in [-0.25, -0.2) is 19.9 Å². The number of hydrogen-bond donors (Lipinski definition) is 1. The van der Waals surface area contributed by atoms with Crippen LogP contribution in [-0.2, 0) is 0 Å². The number of hydrogen-bond acceptors (Lipinski definition) is 6. The van der Waals surface area contributed by atoms with Crippen molar-refractivity contribution in [3.8, 4) is 11.3 Å². The predicted molar refractivity (Wildman–Crippen MR) is 91.7 cm³/mol. The van der Waals surface area contributed by atoms with Crippen LogP contribution in [0.3, 0.4) is 0 Å². The molecule has 0 unspecified atom stereocenters. The number of anilines is 2. The highest BCUT2D eigenvalue weighted by molar-refractivity contribution is 7.16. The number of nitrogens with zero attached hydrogens (tertiary/aromatic N) is 4. The average molecular weight is 318 g/mol. The maximum atomic E-state index is 4.64. The Morgan fingerprint density at radius 1 is 1.13 bits per heavy atom. The maximum absolute atomic E-state index is 4.64. The van der Waals surface area contributed by atoms with Crippen LogP contribution in [0.4, 0.5) is 11.8 Å². The summed E-state index contributed by atoms with van der Waals surface area (Å²) >= 11 is 1.63. The van der Waals surface area contributed by atoms with Crippen molar-refractivity contribution in [3.05, 3.63) is 59.9 Å². The van der Waals surface area contributed by atoms with E-state index in [0.29, 0.717) is 11.8 Å². The molecule has 3 aromatic heterocycles. The van der Waals surface area contributed by atoms with Crippen molar-refractivity contribution in [2.75, 3.05) is 5.32 Å². The van der Waals surface area contributed by atoms with Gasteiger partial charge in [-0.15, -0.1) is 11.3 Å². The minimum atomic E-state index is 0.522. The summed E-state index contributed by atoms with van der Waals surface area (Å²) < 4.78 is 1.15. The van der Waals surface area contributed by atoms with Crippen molar-refractivity contribution in [1.29, 1.82) is 0 Å². The van der Waals surface area contributed by atoms with Crippen molar-refractivity contribution in [3.63, 3.8) is 0 Å². The summed E-state index contributed by atoms with van der Waals surface area (Å²) in [7, 11) is 0. The van der Waals surface area contributed by atoms with E-state index in [-0.39, 0.29) is 0 Å². The second-order valence-corrected chi connectivity index (χ2v) is 5.91. The normalized spacial score (nSPS) is 10.8. The average Bonchev–Trinajstić information content (AvgIpc) is 3.05. The van der Waals surface area contributed by atoms with E-state index >= 15 is 0 Å². The van der Waals surface area contributed by atoms with Crippen molar-refractivity contribution < 1.29 is 0 Å². The number of rotatable bonds is 3. The summed E-state index contributed by atoms with van der Waals surface area (Å²) in [6, 6.07) is 12.7. The van der Waals surface area contributed by atoms with Crippen LogP contribution in [0.25, 0.3) is 21.5 Å². The van der Waals surface area contributed by atoms with Gasteiger partial charge in [-0.05, 0) is 36.8 Å². The second-order valence-electron chi connectivity index (χ2n) is 5.03. The molecule has 0 aliphatic heterocycles. The molecule has 5 nitrogen and oxygen atoms in total. The van der Waals surface area contributed by atoms with Gasteiger partial charge >= 0.3 is 0 Å². The van der Waals surface area contributed by atoms with Crippen LogP contribution in [0.15, 0.2) is 48.2 Å². The molecule has 0 aliphatic carbocycles. The molecule has 1 radical (unpaired) electrons. The van der Waals surface area contributed by atoms with Crippen molar-refractivity contribution in [1.82, 2.24) is 19.9 Å². The molecular formula is C17H12N5S. The monoisotopic (exact) mass is 318 g/mol. The van der Waals surface area contributed by atoms with Crippen LogP contribution in [-0.4, -0.2) is 19.9 Å². The minimum Gasteiger partial charge on any atom is -0.309 e. The van der Waals surface area contributed by atoms with E-state index in [1.165, 1.54) is 0 Å². The SMILES string of the molecule is Cc1cnc(Nc2cc[c]cn2)nc1-c1ccc2ncsc2c1. The Labute approximate surface area is 137 Å². The van der Waals surface area contributed by atoms with Crippen molar-refractivity contribution in [2.45, 2.75) is 6.92 Å². The van der Waals surface area contributed by atoms with Gasteiger partial charge in [0.15, 0.2) is 0 Å². The van der Waals surface area contributed by atoms with E-state index in [1.807, 2.05) is 36.8 Å². The van der Waals surface area contributed by atoms with Gasteiger partial charge < -0.3 is 5.32 Å². The molecule has 0 atom stereocenters. The van der Waals surface area contributed by atoms with E-state index in [0.717, 1.165) is 27.0 Å². The molecule has 4 aromatic rings. The first-order valence-corrected chi connectivity index (χ1v) is 7.94. The van der Waals surface area contributed by atoms with Crippen LogP contribution < -0.4 is 5.32 Å². The van der Waals surface area contributed by atoms with Gasteiger partial charge in [0.05, 0.1) is 21.4 Å². The molecule has 1 N–H and O–H groups in total. The Bertz CT molecular complexity index is 965. The Hall–Kier alpha value is -2.86. The van der Waals surface area contributed by atoms with Gasteiger partial charge in [-0.2, -0.15) is 0 Å². The highest BCUT2D eigenvalue weighted by atomic mass is 32.1. The third-order valence-electron chi connectivity index (χ3n) is 3.43. The third-order valence-corrected chi connectivity index (χ3v) is 4.22. The van der Waals surface area contributed by atoms with Gasteiger partial charge in [0.25, 0.3) is 0 Å². The lowest BCUT2D eigenvalue weighted by Gasteiger charge is -2.08. The first-order valence-electron chi connectivity index (χ1n) is 7.06. The van der Waals surface area contributed by atoms with Gasteiger partial charge in [0, 0.05) is 24.0 Å². The second kappa shape index (κ2) is 5.73. The maximum Gasteiger partial charge on any atom is 0.228 e. The number of aryl methyl sites for hydroxylation is 1. The summed E-state index contributed by atoms with van der Waals surface area (Å²) in [6.07, 6.45) is 3.42. The van der Waals surface area contributed by atoms with Crippen LogP contribution in [0.2, 0.25) is 0 Å². The third kappa shape index (κ3) is 2.76. The summed E-state index contributed by atoms with van der Waals surface area (Å²) in [5, 5.41) is 3.11. The zero-order valence-electron chi connectivity index (χ0n) is 12.3. The number of fused-ring (bicyclic) bond motifs is 1. The van der Waals surface area contributed by atoms with E-state index in [1.54, 1.807) is 23.6 Å². The Balaban J connectivity index is 1.74. The highest BCUT2D eigenvalue weighted by Gasteiger charge is 2.09. The molecule has 0 bridgehead atoms. The van der Waals surface area contributed by atoms with Crippen LogP contribution in [0.1, 0.15) is 5.56 Å². The van der Waals surface area contributed by atoms with E-state index < -0.39 is 0 Å². The lowest BCUT2D eigenvalue weighted by molar-refractivity contribution is 1.12. The van der Waals surface area contributed by atoms with Gasteiger partial charge in [0.1, 0.15) is 5.82 Å². The molecule has 111 valence electrons. The molecule has 0 spiro atoms. The molecule has 0 saturated heterocycles. The van der Waals surface area contributed by atoms with Gasteiger partial charge in [0.2, 0.25) is 5.95 Å². The molecule has 23 heavy (non-hydrogen) atoms. The number of thiazole rings is 1. The number of nitrogens with one attached hydrogen (secondary N) is 1.